The van der Waals surface area contributed by atoms with E-state index in [4.69, 9.17) is 4.74 Å². The van der Waals surface area contributed by atoms with Crippen LogP contribution in [0.2, 0.25) is 0 Å². The Balaban J connectivity index is 1.85. The maximum absolute atomic E-state index is 13.8. The Kier molecular flexibility index (Phi) is 11.3. The predicted molar refractivity (Wildman–Crippen MR) is 163 cm³/mol. The van der Waals surface area contributed by atoms with Crippen LogP contribution in [0.1, 0.15) is 50.3 Å². The minimum Gasteiger partial charge on any atom is -0.489 e. The number of rotatable bonds is 14. The molecule has 3 aromatic carbocycles. The molecule has 41 heavy (non-hydrogen) atoms. The zero-order chi connectivity index (χ0) is 30.0. The number of benzene rings is 3. The minimum atomic E-state index is -3.82. The summed E-state index contributed by atoms with van der Waals surface area (Å²) in [6, 6.07) is 23.2. The highest BCUT2D eigenvalue weighted by atomic mass is 32.2. The van der Waals surface area contributed by atoms with Crippen LogP contribution in [0.25, 0.3) is 0 Å². The molecular weight excluding hydrogens is 538 g/mol. The largest absolute Gasteiger partial charge is 0.489 e. The van der Waals surface area contributed by atoms with Crippen molar-refractivity contribution >= 4 is 27.5 Å². The van der Waals surface area contributed by atoms with Crippen molar-refractivity contribution in [3.05, 3.63) is 95.6 Å². The van der Waals surface area contributed by atoms with Crippen molar-refractivity contribution in [3.63, 3.8) is 0 Å². The molecule has 8 nitrogen and oxygen atoms in total. The number of hydrogen-bond acceptors (Lipinski definition) is 5. The molecule has 2 atom stereocenters. The van der Waals surface area contributed by atoms with Gasteiger partial charge in [-0.3, -0.25) is 13.9 Å². The van der Waals surface area contributed by atoms with Gasteiger partial charge in [-0.15, -0.1) is 0 Å². The van der Waals surface area contributed by atoms with E-state index in [9.17, 15) is 18.0 Å². The molecular formula is C32H41N3O5S. The van der Waals surface area contributed by atoms with Crippen LogP contribution in [0.5, 0.6) is 5.75 Å². The van der Waals surface area contributed by atoms with Gasteiger partial charge < -0.3 is 15.0 Å². The van der Waals surface area contributed by atoms with Gasteiger partial charge in [0.2, 0.25) is 21.8 Å². The van der Waals surface area contributed by atoms with Gasteiger partial charge in [0.25, 0.3) is 0 Å². The van der Waals surface area contributed by atoms with Gasteiger partial charge in [-0.05, 0) is 62.1 Å². The van der Waals surface area contributed by atoms with E-state index in [1.807, 2.05) is 82.3 Å². The quantitative estimate of drug-likeness (QED) is 0.288. The van der Waals surface area contributed by atoms with Gasteiger partial charge >= 0.3 is 0 Å². The lowest BCUT2D eigenvalue weighted by atomic mass is 10.1. The molecule has 220 valence electrons. The average Bonchev–Trinajstić information content (AvgIpc) is 2.95. The smallest absolute Gasteiger partial charge is 0.244 e. The Hall–Kier alpha value is -3.85. The lowest BCUT2D eigenvalue weighted by Gasteiger charge is -2.33. The van der Waals surface area contributed by atoms with Crippen molar-refractivity contribution in [3.8, 4) is 5.75 Å². The summed E-state index contributed by atoms with van der Waals surface area (Å²) in [6.07, 6.45) is 2.20. The molecule has 0 aliphatic heterocycles. The predicted octanol–water partition coefficient (Wildman–Crippen LogP) is 5.06. The molecule has 2 unspecified atom stereocenters. The number of hydrogen-bond donors (Lipinski definition) is 1. The molecule has 0 bridgehead atoms. The van der Waals surface area contributed by atoms with E-state index in [0.717, 1.165) is 33.7 Å². The van der Waals surface area contributed by atoms with Gasteiger partial charge in [0, 0.05) is 12.6 Å². The van der Waals surface area contributed by atoms with Crippen LogP contribution in [0.15, 0.2) is 78.9 Å². The van der Waals surface area contributed by atoms with E-state index in [-0.39, 0.29) is 18.5 Å². The third-order valence-corrected chi connectivity index (χ3v) is 8.05. The fraction of sp³-hybridized carbons (Fsp3) is 0.375. The van der Waals surface area contributed by atoms with E-state index in [1.165, 1.54) is 4.90 Å². The molecule has 0 saturated carbocycles. The second-order valence-electron chi connectivity index (χ2n) is 10.3. The van der Waals surface area contributed by atoms with Crippen molar-refractivity contribution in [1.82, 2.24) is 10.2 Å². The molecule has 0 radical (unpaired) electrons. The first kappa shape index (κ1) is 31.7. The van der Waals surface area contributed by atoms with Crippen molar-refractivity contribution in [2.75, 3.05) is 17.1 Å². The van der Waals surface area contributed by atoms with E-state index < -0.39 is 28.5 Å². The lowest BCUT2D eigenvalue weighted by molar-refractivity contribution is -0.140. The lowest BCUT2D eigenvalue weighted by Crippen LogP contribution is -2.53. The Morgan fingerprint density at radius 3 is 2.07 bits per heavy atom. The van der Waals surface area contributed by atoms with Crippen molar-refractivity contribution in [1.29, 1.82) is 0 Å². The summed E-state index contributed by atoms with van der Waals surface area (Å²) in [4.78, 5) is 28.6. The van der Waals surface area contributed by atoms with Crippen LogP contribution in [-0.2, 0) is 32.8 Å². The summed E-state index contributed by atoms with van der Waals surface area (Å²) in [7, 11) is -3.82. The third kappa shape index (κ3) is 9.35. The van der Waals surface area contributed by atoms with Crippen LogP contribution in [0.4, 0.5) is 5.69 Å². The van der Waals surface area contributed by atoms with Crippen molar-refractivity contribution in [2.24, 2.45) is 0 Å². The number of aryl methyl sites for hydroxylation is 1. The molecule has 3 aromatic rings. The third-order valence-electron chi connectivity index (χ3n) is 6.91. The van der Waals surface area contributed by atoms with Crippen LogP contribution in [-0.4, -0.2) is 50.0 Å². The highest BCUT2D eigenvalue weighted by Gasteiger charge is 2.32. The fourth-order valence-electron chi connectivity index (χ4n) is 4.31. The van der Waals surface area contributed by atoms with E-state index >= 15 is 0 Å². The summed E-state index contributed by atoms with van der Waals surface area (Å²) < 4.78 is 32.7. The summed E-state index contributed by atoms with van der Waals surface area (Å²) >= 11 is 0. The van der Waals surface area contributed by atoms with Gasteiger partial charge in [-0.2, -0.15) is 0 Å². The second-order valence-corrected chi connectivity index (χ2v) is 12.2. The number of anilines is 1. The van der Waals surface area contributed by atoms with Gasteiger partial charge in [-0.25, -0.2) is 8.42 Å². The maximum atomic E-state index is 13.8. The monoisotopic (exact) mass is 579 g/mol. The van der Waals surface area contributed by atoms with Gasteiger partial charge in [0.05, 0.1) is 11.9 Å². The molecule has 0 aliphatic rings. The zero-order valence-electron chi connectivity index (χ0n) is 24.5. The highest BCUT2D eigenvalue weighted by Crippen LogP contribution is 2.23. The summed E-state index contributed by atoms with van der Waals surface area (Å²) in [5.41, 5.74) is 3.27. The Morgan fingerprint density at radius 1 is 0.878 bits per heavy atom. The highest BCUT2D eigenvalue weighted by molar-refractivity contribution is 7.92. The molecule has 1 N–H and O–H groups in total. The molecule has 0 heterocycles. The maximum Gasteiger partial charge on any atom is 0.244 e. The Morgan fingerprint density at radius 2 is 1.51 bits per heavy atom. The van der Waals surface area contributed by atoms with E-state index in [1.54, 1.807) is 24.3 Å². The summed E-state index contributed by atoms with van der Waals surface area (Å²) in [6.45, 7) is 7.82. The molecule has 3 rings (SSSR count). The SMILES string of the molecule is CCC(C)NC(=O)C(CC)N(Cc1ccc(C)cc1)C(=O)CN(c1ccc(OCc2ccccc2)cc1)S(C)(=O)=O. The molecule has 0 fully saturated rings. The van der Waals surface area contributed by atoms with Gasteiger partial charge in [0.1, 0.15) is 24.9 Å². The summed E-state index contributed by atoms with van der Waals surface area (Å²) in [5.74, 6) is -0.147. The van der Waals surface area contributed by atoms with Crippen LogP contribution in [0, 0.1) is 6.92 Å². The molecule has 2 amide bonds. The summed E-state index contributed by atoms with van der Waals surface area (Å²) in [5, 5.41) is 2.98. The first-order valence-electron chi connectivity index (χ1n) is 13.9. The van der Waals surface area contributed by atoms with Crippen molar-refractivity contribution in [2.45, 2.75) is 65.8 Å². The van der Waals surface area contributed by atoms with Gasteiger partial charge in [0.15, 0.2) is 0 Å². The minimum absolute atomic E-state index is 0.0528. The number of nitrogens with zero attached hydrogens (tertiary/aromatic N) is 2. The number of sulfonamides is 1. The van der Waals surface area contributed by atoms with E-state index in [2.05, 4.69) is 5.32 Å². The zero-order valence-corrected chi connectivity index (χ0v) is 25.4. The molecule has 0 aromatic heterocycles. The average molecular weight is 580 g/mol. The topological polar surface area (TPSA) is 96.0 Å². The number of carbonyl (C=O) groups excluding carboxylic acids is 2. The second kappa shape index (κ2) is 14.7. The first-order chi connectivity index (χ1) is 19.5. The van der Waals surface area contributed by atoms with E-state index in [0.29, 0.717) is 24.5 Å². The van der Waals surface area contributed by atoms with Crippen LogP contribution in [0.3, 0.4) is 0 Å². The standard InChI is InChI=1S/C32H41N3O5S/c1-6-25(4)33-32(37)30(7-2)34(21-26-15-13-24(3)14-16-26)31(36)22-35(41(5,38)39)28-17-19-29(20-18-28)40-23-27-11-9-8-10-12-27/h8-20,25,30H,6-7,21-23H2,1-5H3,(H,33,37). The number of ether oxygens (including phenoxy) is 1. The molecule has 9 heteroatoms. The van der Waals surface area contributed by atoms with Crippen LogP contribution >= 0.6 is 0 Å². The Bertz CT molecular complexity index is 1380. The number of carbonyl (C=O) groups is 2. The molecule has 0 saturated heterocycles. The normalized spacial score (nSPS) is 12.7. The van der Waals surface area contributed by atoms with Crippen molar-refractivity contribution < 1.29 is 22.7 Å². The number of amides is 2. The van der Waals surface area contributed by atoms with Gasteiger partial charge in [-0.1, -0.05) is 74.0 Å². The first-order valence-corrected chi connectivity index (χ1v) is 15.8. The molecule has 0 aliphatic carbocycles. The Labute approximate surface area is 244 Å². The number of nitrogens with one attached hydrogen (secondary N) is 1. The fourth-order valence-corrected chi connectivity index (χ4v) is 5.16. The molecule has 0 spiro atoms. The van der Waals surface area contributed by atoms with Crippen LogP contribution < -0.4 is 14.4 Å².